The molecule has 0 bridgehead atoms. The van der Waals surface area contributed by atoms with Gasteiger partial charge in [-0.15, -0.1) is 0 Å². The molecule has 0 aliphatic carbocycles. The van der Waals surface area contributed by atoms with E-state index in [1.165, 1.54) is 11.1 Å². The lowest BCUT2D eigenvalue weighted by Gasteiger charge is -2.29. The summed E-state index contributed by atoms with van der Waals surface area (Å²) in [6.45, 7) is 7.51. The van der Waals surface area contributed by atoms with Crippen molar-refractivity contribution in [1.29, 1.82) is 0 Å². The van der Waals surface area contributed by atoms with E-state index >= 15 is 0 Å². The van der Waals surface area contributed by atoms with Crippen LogP contribution in [0.2, 0.25) is 0 Å². The molecule has 0 unspecified atom stereocenters. The molecule has 2 aliphatic heterocycles. The fourth-order valence-corrected chi connectivity index (χ4v) is 3.08. The summed E-state index contributed by atoms with van der Waals surface area (Å²) in [5, 5.41) is 18.1. The van der Waals surface area contributed by atoms with E-state index < -0.39 is 11.9 Å². The van der Waals surface area contributed by atoms with Crippen molar-refractivity contribution in [3.05, 3.63) is 35.4 Å². The standard InChI is InChI=1S/C17H25N3O2.C2H2O4/c21-17(13-18-6-8-19-9-11-22-12-10-19)20-7-5-15-3-1-2-4-16(15)14-20;3-1(4)2(5)6/h1-4,18H,5-14H2;(H,3,4)(H,5,6). The van der Waals surface area contributed by atoms with Crippen LogP contribution in [0.3, 0.4) is 0 Å². The molecule has 2 aliphatic rings. The maximum Gasteiger partial charge on any atom is 0.414 e. The fraction of sp³-hybridized carbons (Fsp3) is 0.526. The van der Waals surface area contributed by atoms with Gasteiger partial charge in [0.05, 0.1) is 19.8 Å². The van der Waals surface area contributed by atoms with Crippen molar-refractivity contribution in [2.24, 2.45) is 0 Å². The van der Waals surface area contributed by atoms with Crippen molar-refractivity contribution < 1.29 is 29.3 Å². The highest BCUT2D eigenvalue weighted by molar-refractivity contribution is 6.27. The number of ether oxygens (including phenoxy) is 1. The van der Waals surface area contributed by atoms with E-state index in [9.17, 15) is 4.79 Å². The lowest BCUT2D eigenvalue weighted by atomic mass is 10.00. The smallest absolute Gasteiger partial charge is 0.414 e. The third-order valence-electron chi connectivity index (χ3n) is 4.65. The van der Waals surface area contributed by atoms with Gasteiger partial charge in [-0.25, -0.2) is 9.59 Å². The topological polar surface area (TPSA) is 119 Å². The van der Waals surface area contributed by atoms with Crippen molar-refractivity contribution >= 4 is 17.8 Å². The molecule has 3 N–H and O–H groups in total. The van der Waals surface area contributed by atoms with Crippen molar-refractivity contribution in [1.82, 2.24) is 15.1 Å². The molecule has 9 heteroatoms. The van der Waals surface area contributed by atoms with Crippen molar-refractivity contribution in [2.45, 2.75) is 13.0 Å². The molecule has 0 atom stereocenters. The zero-order valence-electron chi connectivity index (χ0n) is 15.8. The maximum atomic E-state index is 12.3. The van der Waals surface area contributed by atoms with E-state index in [1.54, 1.807) is 0 Å². The number of amides is 1. The number of rotatable bonds is 5. The molecule has 1 aromatic rings. The number of hydrogen-bond donors (Lipinski definition) is 3. The number of nitrogens with one attached hydrogen (secondary N) is 1. The van der Waals surface area contributed by atoms with Gasteiger partial charge in [0.1, 0.15) is 0 Å². The Kier molecular flexibility index (Phi) is 8.86. The van der Waals surface area contributed by atoms with Crippen LogP contribution < -0.4 is 5.32 Å². The van der Waals surface area contributed by atoms with E-state index in [0.717, 1.165) is 58.9 Å². The van der Waals surface area contributed by atoms with Gasteiger partial charge in [-0.05, 0) is 17.5 Å². The van der Waals surface area contributed by atoms with Crippen LogP contribution in [0.15, 0.2) is 24.3 Å². The monoisotopic (exact) mass is 393 g/mol. The number of carbonyl (C=O) groups is 3. The number of morpholine rings is 1. The number of nitrogens with zero attached hydrogens (tertiary/aromatic N) is 2. The molecule has 3 rings (SSSR count). The Labute approximate surface area is 163 Å². The third-order valence-corrected chi connectivity index (χ3v) is 4.65. The molecule has 1 fully saturated rings. The van der Waals surface area contributed by atoms with Crippen LogP contribution in [0.5, 0.6) is 0 Å². The number of carbonyl (C=O) groups excluding carboxylic acids is 1. The van der Waals surface area contributed by atoms with E-state index in [0.29, 0.717) is 6.54 Å². The first-order valence-electron chi connectivity index (χ1n) is 9.29. The van der Waals surface area contributed by atoms with Gasteiger partial charge in [-0.1, -0.05) is 24.3 Å². The lowest BCUT2D eigenvalue weighted by molar-refractivity contribution is -0.159. The summed E-state index contributed by atoms with van der Waals surface area (Å²) in [4.78, 5) is 34.8. The highest BCUT2D eigenvalue weighted by Crippen LogP contribution is 2.18. The summed E-state index contributed by atoms with van der Waals surface area (Å²) in [7, 11) is 0. The minimum Gasteiger partial charge on any atom is -0.473 e. The maximum absolute atomic E-state index is 12.3. The van der Waals surface area contributed by atoms with Gasteiger partial charge >= 0.3 is 11.9 Å². The molecule has 0 radical (unpaired) electrons. The van der Waals surface area contributed by atoms with E-state index in [-0.39, 0.29) is 5.91 Å². The molecule has 28 heavy (non-hydrogen) atoms. The SMILES string of the molecule is O=C(CNCCN1CCOCC1)N1CCc2ccccc2C1.O=C(O)C(=O)O. The normalized spacial score (nSPS) is 16.5. The van der Waals surface area contributed by atoms with Crippen LogP contribution in [-0.4, -0.2) is 90.3 Å². The summed E-state index contributed by atoms with van der Waals surface area (Å²) in [6.07, 6.45) is 0.968. The first kappa shape index (κ1) is 21.8. The van der Waals surface area contributed by atoms with Gasteiger partial charge in [0.25, 0.3) is 0 Å². The number of hydrogen-bond acceptors (Lipinski definition) is 6. The largest absolute Gasteiger partial charge is 0.473 e. The van der Waals surface area contributed by atoms with Crippen LogP contribution in [0, 0.1) is 0 Å². The summed E-state index contributed by atoms with van der Waals surface area (Å²) in [5.41, 5.74) is 2.67. The van der Waals surface area contributed by atoms with Gasteiger partial charge in [-0.2, -0.15) is 0 Å². The number of carboxylic acid groups (broad SMARTS) is 2. The van der Waals surface area contributed by atoms with Gasteiger partial charge in [0.15, 0.2) is 0 Å². The fourth-order valence-electron chi connectivity index (χ4n) is 3.08. The Morgan fingerprint density at radius 2 is 1.64 bits per heavy atom. The van der Waals surface area contributed by atoms with Crippen LogP contribution in [0.4, 0.5) is 0 Å². The molecular formula is C19H27N3O6. The van der Waals surface area contributed by atoms with Crippen LogP contribution in [0.25, 0.3) is 0 Å². The predicted octanol–water partition coefficient (Wildman–Crippen LogP) is -0.351. The highest BCUT2D eigenvalue weighted by atomic mass is 16.5. The molecule has 0 saturated carbocycles. The molecule has 2 heterocycles. The quantitative estimate of drug-likeness (QED) is 0.459. The Balaban J connectivity index is 0.000000409. The van der Waals surface area contributed by atoms with Crippen LogP contribution in [0.1, 0.15) is 11.1 Å². The van der Waals surface area contributed by atoms with Gasteiger partial charge in [-0.3, -0.25) is 9.69 Å². The van der Waals surface area contributed by atoms with Crippen molar-refractivity contribution in [2.75, 3.05) is 52.5 Å². The van der Waals surface area contributed by atoms with E-state index in [1.807, 2.05) is 11.0 Å². The van der Waals surface area contributed by atoms with Gasteiger partial charge in [0, 0.05) is 39.3 Å². The van der Waals surface area contributed by atoms with Gasteiger partial charge in [0.2, 0.25) is 5.91 Å². The third kappa shape index (κ3) is 7.26. The minimum atomic E-state index is -1.82. The Bertz CT molecular complexity index is 663. The molecule has 9 nitrogen and oxygen atoms in total. The lowest BCUT2D eigenvalue weighted by Crippen LogP contribution is -2.44. The second-order valence-electron chi connectivity index (χ2n) is 6.58. The van der Waals surface area contributed by atoms with Crippen molar-refractivity contribution in [3.63, 3.8) is 0 Å². The summed E-state index contributed by atoms with van der Waals surface area (Å²) in [5.74, 6) is -3.44. The predicted molar refractivity (Wildman–Crippen MR) is 101 cm³/mol. The molecule has 0 aromatic heterocycles. The molecule has 1 amide bonds. The average Bonchev–Trinajstić information content (AvgIpc) is 2.72. The molecular weight excluding hydrogens is 366 g/mol. The zero-order valence-corrected chi connectivity index (χ0v) is 15.8. The second-order valence-corrected chi connectivity index (χ2v) is 6.58. The summed E-state index contributed by atoms with van der Waals surface area (Å²) in [6, 6.07) is 8.41. The number of aliphatic carboxylic acids is 2. The number of benzene rings is 1. The van der Waals surface area contributed by atoms with Gasteiger partial charge < -0.3 is 25.2 Å². The van der Waals surface area contributed by atoms with E-state index in [4.69, 9.17) is 24.5 Å². The number of fused-ring (bicyclic) bond motifs is 1. The molecule has 1 aromatic carbocycles. The van der Waals surface area contributed by atoms with E-state index in [2.05, 4.69) is 28.4 Å². The Morgan fingerprint density at radius 3 is 2.29 bits per heavy atom. The average molecular weight is 393 g/mol. The molecule has 154 valence electrons. The van der Waals surface area contributed by atoms with Crippen LogP contribution >= 0.6 is 0 Å². The van der Waals surface area contributed by atoms with Crippen molar-refractivity contribution in [3.8, 4) is 0 Å². The Morgan fingerprint density at radius 1 is 1.00 bits per heavy atom. The zero-order chi connectivity index (χ0) is 20.4. The summed E-state index contributed by atoms with van der Waals surface area (Å²) >= 11 is 0. The molecule has 1 saturated heterocycles. The van der Waals surface area contributed by atoms with Crippen LogP contribution in [-0.2, 0) is 32.1 Å². The molecule has 0 spiro atoms. The minimum absolute atomic E-state index is 0.205. The first-order chi connectivity index (χ1) is 13.5. The first-order valence-corrected chi connectivity index (χ1v) is 9.29. The highest BCUT2D eigenvalue weighted by Gasteiger charge is 2.19. The Hall–Kier alpha value is -2.49. The summed E-state index contributed by atoms with van der Waals surface area (Å²) < 4.78 is 5.33. The number of carboxylic acids is 2. The second kappa shape index (κ2) is 11.4.